The third-order valence-corrected chi connectivity index (χ3v) is 4.55. The van der Waals surface area contributed by atoms with Crippen molar-refractivity contribution in [3.63, 3.8) is 0 Å². The van der Waals surface area contributed by atoms with Crippen LogP contribution >= 0.6 is 11.6 Å². The van der Waals surface area contributed by atoms with Crippen molar-refractivity contribution < 1.29 is 13.9 Å². The van der Waals surface area contributed by atoms with Crippen LogP contribution in [0.5, 0.6) is 5.75 Å². The maximum atomic E-state index is 13.6. The molecule has 146 valence electrons. The smallest absolute Gasteiger partial charge is 0.256 e. The fourth-order valence-corrected chi connectivity index (χ4v) is 3.11. The highest BCUT2D eigenvalue weighted by Gasteiger charge is 2.22. The number of aryl methyl sites for hydroxylation is 1. The van der Waals surface area contributed by atoms with Crippen molar-refractivity contribution in [1.82, 2.24) is 15.1 Å². The molecule has 2 aromatic carbocycles. The number of ether oxygens (including phenoxy) is 1. The minimum atomic E-state index is -0.442. The van der Waals surface area contributed by atoms with Gasteiger partial charge < -0.3 is 10.1 Å². The summed E-state index contributed by atoms with van der Waals surface area (Å²) in [4.78, 5) is 12.7. The fourth-order valence-electron chi connectivity index (χ4n) is 2.79. The third kappa shape index (κ3) is 4.70. The Morgan fingerprint density at radius 3 is 2.61 bits per heavy atom. The number of para-hydroxylation sites is 1. The van der Waals surface area contributed by atoms with E-state index in [4.69, 9.17) is 16.3 Å². The molecule has 5 nitrogen and oxygen atoms in total. The predicted octanol–water partition coefficient (Wildman–Crippen LogP) is 4.23. The van der Waals surface area contributed by atoms with Crippen LogP contribution < -0.4 is 10.1 Å². The van der Waals surface area contributed by atoms with Crippen LogP contribution in [-0.2, 0) is 6.54 Å². The number of aromatic nitrogens is 2. The Kier molecular flexibility index (Phi) is 6.31. The predicted molar refractivity (Wildman–Crippen MR) is 106 cm³/mol. The van der Waals surface area contributed by atoms with E-state index in [1.165, 1.54) is 6.07 Å². The number of rotatable bonds is 7. The number of amides is 1. The van der Waals surface area contributed by atoms with E-state index in [1.807, 2.05) is 30.3 Å². The van der Waals surface area contributed by atoms with Gasteiger partial charge in [0.1, 0.15) is 11.8 Å². The van der Waals surface area contributed by atoms with Crippen LogP contribution in [0.1, 0.15) is 28.5 Å². The molecule has 3 rings (SSSR count). The highest BCUT2D eigenvalue weighted by molar-refractivity contribution is 6.33. The minimum Gasteiger partial charge on any atom is -0.488 e. The van der Waals surface area contributed by atoms with E-state index in [2.05, 4.69) is 10.4 Å². The summed E-state index contributed by atoms with van der Waals surface area (Å²) in [5.41, 5.74) is 1.90. The van der Waals surface area contributed by atoms with Crippen molar-refractivity contribution >= 4 is 17.5 Å². The maximum absolute atomic E-state index is 13.6. The van der Waals surface area contributed by atoms with E-state index in [1.54, 1.807) is 36.7 Å². The summed E-state index contributed by atoms with van der Waals surface area (Å²) in [6.45, 7) is 4.11. The highest BCUT2D eigenvalue weighted by atomic mass is 35.5. The third-order valence-electron chi connectivity index (χ3n) is 4.17. The molecular weight excluding hydrogens is 381 g/mol. The lowest BCUT2D eigenvalue weighted by Crippen LogP contribution is -2.37. The molecule has 7 heteroatoms. The molecule has 1 N–H and O–H groups in total. The Bertz CT molecular complexity index is 960. The fraction of sp³-hybridized carbons (Fsp3) is 0.238. The van der Waals surface area contributed by atoms with Gasteiger partial charge in [-0.15, -0.1) is 0 Å². The first-order valence-corrected chi connectivity index (χ1v) is 9.28. The summed E-state index contributed by atoms with van der Waals surface area (Å²) in [5, 5.41) is 7.48. The first kappa shape index (κ1) is 19.9. The summed E-state index contributed by atoms with van der Waals surface area (Å²) in [6, 6.07) is 15.5. The number of hydrogen-bond acceptors (Lipinski definition) is 3. The van der Waals surface area contributed by atoms with Crippen molar-refractivity contribution in [2.75, 3.05) is 6.61 Å². The zero-order valence-corrected chi connectivity index (χ0v) is 16.4. The Morgan fingerprint density at radius 1 is 1.21 bits per heavy atom. The molecule has 1 amide bonds. The lowest BCUT2D eigenvalue weighted by molar-refractivity contribution is 0.0925. The Balaban J connectivity index is 1.64. The van der Waals surface area contributed by atoms with E-state index in [0.29, 0.717) is 17.8 Å². The zero-order valence-electron chi connectivity index (χ0n) is 15.7. The monoisotopic (exact) mass is 401 g/mol. The molecule has 28 heavy (non-hydrogen) atoms. The van der Waals surface area contributed by atoms with E-state index < -0.39 is 5.82 Å². The molecule has 0 bridgehead atoms. The molecule has 0 spiro atoms. The molecule has 0 saturated carbocycles. The van der Waals surface area contributed by atoms with Crippen LogP contribution in [0.4, 0.5) is 4.39 Å². The molecule has 1 unspecified atom stereocenters. The molecule has 1 aromatic heterocycles. The van der Waals surface area contributed by atoms with Crippen LogP contribution in [0.25, 0.3) is 0 Å². The first-order valence-electron chi connectivity index (χ1n) is 8.90. The second kappa shape index (κ2) is 8.89. The average Bonchev–Trinajstić information content (AvgIpc) is 2.95. The normalized spacial score (nSPS) is 11.9. The van der Waals surface area contributed by atoms with Gasteiger partial charge in [0.05, 0.1) is 23.8 Å². The number of halogens is 2. The number of nitrogens with zero attached hydrogens (tertiary/aromatic N) is 2. The molecule has 1 heterocycles. The number of hydrogen-bond donors (Lipinski definition) is 1. The van der Waals surface area contributed by atoms with Gasteiger partial charge in [0, 0.05) is 0 Å². The summed E-state index contributed by atoms with van der Waals surface area (Å²) >= 11 is 6.41. The van der Waals surface area contributed by atoms with Gasteiger partial charge in [0.2, 0.25) is 0 Å². The van der Waals surface area contributed by atoms with Crippen LogP contribution in [0.15, 0.2) is 54.6 Å². The van der Waals surface area contributed by atoms with Gasteiger partial charge in [0.15, 0.2) is 11.6 Å². The number of carbonyl (C=O) groups excluding carboxylic acids is 1. The molecule has 0 aliphatic heterocycles. The summed E-state index contributed by atoms with van der Waals surface area (Å²) in [5.74, 6) is -0.637. The van der Waals surface area contributed by atoms with Crippen LogP contribution in [0.3, 0.4) is 0 Å². The van der Waals surface area contributed by atoms with Crippen LogP contribution in [-0.4, -0.2) is 28.3 Å². The lowest BCUT2D eigenvalue weighted by Gasteiger charge is -2.15. The molecule has 0 aliphatic carbocycles. The minimum absolute atomic E-state index is 0.126. The van der Waals surface area contributed by atoms with E-state index in [9.17, 15) is 9.18 Å². The second-order valence-corrected chi connectivity index (χ2v) is 6.87. The van der Waals surface area contributed by atoms with Gasteiger partial charge in [-0.1, -0.05) is 54.1 Å². The standard InChI is InChI=1S/C21H21ClFN3O2/c1-14(13-28-18-11-7-6-10-17(18)23)24-21(27)19-15(2)25-26(20(19)22)12-16-8-4-3-5-9-16/h3-11,14H,12-13H2,1-2H3,(H,24,27). The first-order chi connectivity index (χ1) is 13.5. The molecule has 0 fully saturated rings. The van der Waals surface area contributed by atoms with Crippen molar-refractivity contribution in [3.05, 3.63) is 82.4 Å². The molecule has 0 aliphatic rings. The summed E-state index contributed by atoms with van der Waals surface area (Å²) < 4.78 is 20.6. The highest BCUT2D eigenvalue weighted by Crippen LogP contribution is 2.21. The topological polar surface area (TPSA) is 56.2 Å². The van der Waals surface area contributed by atoms with Crippen molar-refractivity contribution in [1.29, 1.82) is 0 Å². The SMILES string of the molecule is Cc1nn(Cc2ccccc2)c(Cl)c1C(=O)NC(C)COc1ccccc1F. The summed E-state index contributed by atoms with van der Waals surface area (Å²) in [6.07, 6.45) is 0. The van der Waals surface area contributed by atoms with Crippen molar-refractivity contribution in [2.45, 2.75) is 26.4 Å². The molecule has 3 aromatic rings. The van der Waals surface area contributed by atoms with E-state index in [0.717, 1.165) is 5.56 Å². The molecule has 1 atom stereocenters. The Labute approximate surface area is 168 Å². The molecule has 0 saturated heterocycles. The van der Waals surface area contributed by atoms with Gasteiger partial charge in [-0.2, -0.15) is 5.10 Å². The van der Waals surface area contributed by atoms with Crippen LogP contribution in [0, 0.1) is 12.7 Å². The average molecular weight is 402 g/mol. The number of benzene rings is 2. The number of carbonyl (C=O) groups is 1. The quantitative estimate of drug-likeness (QED) is 0.644. The molecular formula is C21H21ClFN3O2. The van der Waals surface area contributed by atoms with E-state index in [-0.39, 0.29) is 29.5 Å². The summed E-state index contributed by atoms with van der Waals surface area (Å²) in [7, 11) is 0. The molecule has 0 radical (unpaired) electrons. The zero-order chi connectivity index (χ0) is 20.1. The maximum Gasteiger partial charge on any atom is 0.256 e. The van der Waals surface area contributed by atoms with Gasteiger partial charge in [-0.05, 0) is 31.5 Å². The van der Waals surface area contributed by atoms with Crippen molar-refractivity contribution in [2.24, 2.45) is 0 Å². The largest absolute Gasteiger partial charge is 0.488 e. The van der Waals surface area contributed by atoms with Gasteiger partial charge in [-0.3, -0.25) is 4.79 Å². The van der Waals surface area contributed by atoms with E-state index >= 15 is 0 Å². The Hall–Kier alpha value is -2.86. The second-order valence-electron chi connectivity index (χ2n) is 6.51. The van der Waals surface area contributed by atoms with Crippen LogP contribution in [0.2, 0.25) is 5.15 Å². The lowest BCUT2D eigenvalue weighted by atomic mass is 10.2. The Morgan fingerprint density at radius 2 is 1.89 bits per heavy atom. The van der Waals surface area contributed by atoms with Gasteiger partial charge >= 0.3 is 0 Å². The van der Waals surface area contributed by atoms with Crippen molar-refractivity contribution in [3.8, 4) is 5.75 Å². The van der Waals surface area contributed by atoms with Gasteiger partial charge in [0.25, 0.3) is 5.91 Å². The number of nitrogens with one attached hydrogen (secondary N) is 1. The van der Waals surface area contributed by atoms with Gasteiger partial charge in [-0.25, -0.2) is 9.07 Å².